The first-order chi connectivity index (χ1) is 14.5. The zero-order valence-electron chi connectivity index (χ0n) is 16.1. The second-order valence-corrected chi connectivity index (χ2v) is 8.03. The van der Waals surface area contributed by atoms with Crippen molar-refractivity contribution in [3.05, 3.63) is 50.6 Å². The first-order valence-electron chi connectivity index (χ1n) is 9.61. The van der Waals surface area contributed by atoms with E-state index < -0.39 is 17.5 Å². The molecule has 0 aliphatic heterocycles. The Morgan fingerprint density at radius 1 is 1.20 bits per heavy atom. The fraction of sp³-hybridized carbons (Fsp3) is 0.350. The average molecular weight is 428 g/mol. The number of nitrogens with two attached hydrogens (primary N) is 1. The summed E-state index contributed by atoms with van der Waals surface area (Å²) in [6.45, 7) is -0.613. The van der Waals surface area contributed by atoms with E-state index in [0.29, 0.717) is 11.6 Å². The van der Waals surface area contributed by atoms with Crippen molar-refractivity contribution in [2.24, 2.45) is 0 Å². The number of nitrogen functional groups attached to an aromatic ring is 1. The zero-order chi connectivity index (χ0) is 21.1. The number of anilines is 1. The van der Waals surface area contributed by atoms with E-state index in [4.69, 9.17) is 15.2 Å². The molecule has 2 aromatic heterocycles. The van der Waals surface area contributed by atoms with Crippen LogP contribution in [0.2, 0.25) is 0 Å². The van der Waals surface area contributed by atoms with Gasteiger partial charge in [-0.3, -0.25) is 10.1 Å². The summed E-state index contributed by atoms with van der Waals surface area (Å²) in [5.74, 6) is 0.0379. The minimum absolute atomic E-state index is 0.00134. The van der Waals surface area contributed by atoms with E-state index in [1.807, 2.05) is 0 Å². The number of carbonyl (C=O) groups excluding carboxylic acids is 1. The van der Waals surface area contributed by atoms with Crippen LogP contribution in [-0.4, -0.2) is 27.5 Å². The molecule has 0 atom stereocenters. The van der Waals surface area contributed by atoms with Crippen LogP contribution in [0.3, 0.4) is 0 Å². The summed E-state index contributed by atoms with van der Waals surface area (Å²) < 4.78 is 10.4. The number of nitrogens with zero attached hydrogens (tertiary/aromatic N) is 3. The van der Waals surface area contributed by atoms with Crippen molar-refractivity contribution in [2.75, 3.05) is 12.3 Å². The third-order valence-electron chi connectivity index (χ3n) is 4.91. The number of ether oxygens (including phenoxy) is 2. The Balaban J connectivity index is 1.41. The van der Waals surface area contributed by atoms with E-state index in [1.165, 1.54) is 35.1 Å². The highest BCUT2D eigenvalue weighted by molar-refractivity contribution is 7.19. The fourth-order valence-corrected chi connectivity index (χ4v) is 4.81. The molecule has 1 aromatic carbocycles. The number of hydrogen-bond donors (Lipinski definition) is 1. The third-order valence-corrected chi connectivity index (χ3v) is 6.09. The van der Waals surface area contributed by atoms with Crippen LogP contribution in [0.25, 0.3) is 10.2 Å². The molecular formula is C20H20N4O5S. The molecule has 0 fully saturated rings. The molecule has 0 spiro atoms. The molecule has 2 N–H and O–H groups in total. The van der Waals surface area contributed by atoms with Gasteiger partial charge in [0.25, 0.3) is 0 Å². The lowest BCUT2D eigenvalue weighted by Crippen LogP contribution is -2.16. The topological polar surface area (TPSA) is 130 Å². The van der Waals surface area contributed by atoms with Crippen molar-refractivity contribution < 1.29 is 19.2 Å². The maximum Gasteiger partial charge on any atom is 0.344 e. The summed E-state index contributed by atoms with van der Waals surface area (Å²) in [4.78, 5) is 33.4. The van der Waals surface area contributed by atoms with Gasteiger partial charge in [0, 0.05) is 10.9 Å². The fourth-order valence-electron chi connectivity index (χ4n) is 3.53. The molecule has 10 heteroatoms. The molecule has 0 saturated carbocycles. The van der Waals surface area contributed by atoms with E-state index in [-0.39, 0.29) is 18.0 Å². The van der Waals surface area contributed by atoms with Crippen LogP contribution >= 0.6 is 11.3 Å². The van der Waals surface area contributed by atoms with Crippen molar-refractivity contribution in [3.63, 3.8) is 0 Å². The van der Waals surface area contributed by atoms with Gasteiger partial charge in [-0.15, -0.1) is 11.3 Å². The Morgan fingerprint density at radius 2 is 2.00 bits per heavy atom. The molecule has 1 aliphatic rings. The largest absolute Gasteiger partial charge is 0.475 e. The Hall–Kier alpha value is -3.27. The second kappa shape index (κ2) is 8.62. The summed E-state index contributed by atoms with van der Waals surface area (Å²) in [5, 5.41) is 11.9. The molecule has 0 radical (unpaired) electrons. The SMILES string of the molecule is Nc1nc(COC(=O)COc2ccccc2[N+](=O)[O-])nc2sc3c(c12)CCCCC3. The summed E-state index contributed by atoms with van der Waals surface area (Å²) in [6.07, 6.45) is 5.53. The molecule has 30 heavy (non-hydrogen) atoms. The molecule has 156 valence electrons. The summed E-state index contributed by atoms with van der Waals surface area (Å²) in [5.41, 5.74) is 7.23. The van der Waals surface area contributed by atoms with Crippen molar-refractivity contribution in [2.45, 2.75) is 38.7 Å². The van der Waals surface area contributed by atoms with Gasteiger partial charge in [-0.1, -0.05) is 18.6 Å². The van der Waals surface area contributed by atoms with E-state index in [2.05, 4.69) is 9.97 Å². The summed E-state index contributed by atoms with van der Waals surface area (Å²) in [6, 6.07) is 5.83. The van der Waals surface area contributed by atoms with Crippen LogP contribution in [-0.2, 0) is 29.0 Å². The highest BCUT2D eigenvalue weighted by Gasteiger charge is 2.20. The van der Waals surface area contributed by atoms with E-state index in [1.54, 1.807) is 17.4 Å². The molecule has 0 amide bonds. The monoisotopic (exact) mass is 428 g/mol. The van der Waals surface area contributed by atoms with Gasteiger partial charge in [-0.05, 0) is 37.3 Å². The minimum atomic E-state index is -0.683. The Labute approximate surface area is 176 Å². The minimum Gasteiger partial charge on any atom is -0.475 e. The lowest BCUT2D eigenvalue weighted by Gasteiger charge is -2.08. The number of esters is 1. The maximum absolute atomic E-state index is 12.0. The van der Waals surface area contributed by atoms with Crippen LogP contribution in [0.5, 0.6) is 5.75 Å². The van der Waals surface area contributed by atoms with Crippen LogP contribution in [0.15, 0.2) is 24.3 Å². The van der Waals surface area contributed by atoms with Crippen LogP contribution < -0.4 is 10.5 Å². The van der Waals surface area contributed by atoms with Gasteiger partial charge in [0.1, 0.15) is 10.6 Å². The normalized spacial score (nSPS) is 13.5. The number of aromatic nitrogens is 2. The molecule has 4 rings (SSSR count). The number of thiophene rings is 1. The number of fused-ring (bicyclic) bond motifs is 3. The van der Waals surface area contributed by atoms with Gasteiger partial charge >= 0.3 is 11.7 Å². The quantitative estimate of drug-likeness (QED) is 0.273. The first-order valence-corrected chi connectivity index (χ1v) is 10.4. The molecule has 9 nitrogen and oxygen atoms in total. The maximum atomic E-state index is 12.0. The Kier molecular flexibility index (Phi) is 5.75. The van der Waals surface area contributed by atoms with Gasteiger partial charge in [-0.2, -0.15) is 0 Å². The van der Waals surface area contributed by atoms with Crippen molar-refractivity contribution >= 4 is 39.0 Å². The van der Waals surface area contributed by atoms with E-state index >= 15 is 0 Å². The number of aryl methyl sites for hydroxylation is 2. The van der Waals surface area contributed by atoms with E-state index in [9.17, 15) is 14.9 Å². The van der Waals surface area contributed by atoms with Crippen molar-refractivity contribution in [3.8, 4) is 5.75 Å². The van der Waals surface area contributed by atoms with E-state index in [0.717, 1.165) is 35.9 Å². The molecule has 0 unspecified atom stereocenters. The van der Waals surface area contributed by atoms with Gasteiger partial charge in [0.2, 0.25) is 0 Å². The Bertz CT molecular complexity index is 1110. The average Bonchev–Trinajstić information content (AvgIpc) is 2.92. The van der Waals surface area contributed by atoms with Gasteiger partial charge < -0.3 is 15.2 Å². The number of rotatable bonds is 6. The summed E-state index contributed by atoms with van der Waals surface area (Å²) >= 11 is 1.63. The Morgan fingerprint density at radius 3 is 2.83 bits per heavy atom. The summed E-state index contributed by atoms with van der Waals surface area (Å²) in [7, 11) is 0. The number of para-hydroxylation sites is 2. The number of carbonyl (C=O) groups is 1. The predicted octanol–water partition coefficient (Wildman–Crippen LogP) is 3.57. The molecular weight excluding hydrogens is 408 g/mol. The van der Waals surface area contributed by atoms with Crippen LogP contribution in [0.1, 0.15) is 35.5 Å². The number of nitro groups is 1. The van der Waals surface area contributed by atoms with Gasteiger partial charge in [-0.25, -0.2) is 14.8 Å². The molecule has 0 saturated heterocycles. The third kappa shape index (κ3) is 4.18. The van der Waals surface area contributed by atoms with Crippen LogP contribution in [0.4, 0.5) is 11.5 Å². The number of benzene rings is 1. The van der Waals surface area contributed by atoms with Crippen molar-refractivity contribution in [1.29, 1.82) is 0 Å². The first kappa shape index (κ1) is 20.0. The second-order valence-electron chi connectivity index (χ2n) is 6.94. The molecule has 3 aromatic rings. The smallest absolute Gasteiger partial charge is 0.344 e. The molecule has 0 bridgehead atoms. The highest BCUT2D eigenvalue weighted by atomic mass is 32.1. The van der Waals surface area contributed by atoms with Crippen molar-refractivity contribution in [1.82, 2.24) is 9.97 Å². The molecule has 2 heterocycles. The lowest BCUT2D eigenvalue weighted by molar-refractivity contribution is -0.385. The zero-order valence-corrected chi connectivity index (χ0v) is 16.9. The van der Waals surface area contributed by atoms with Gasteiger partial charge in [0.05, 0.1) is 10.3 Å². The van der Waals surface area contributed by atoms with Gasteiger partial charge in [0.15, 0.2) is 24.8 Å². The van der Waals surface area contributed by atoms with Crippen LogP contribution in [0, 0.1) is 10.1 Å². The number of hydrogen-bond acceptors (Lipinski definition) is 9. The standard InChI is InChI=1S/C20H20N4O5S/c21-19-18-12-6-2-1-3-9-15(12)30-20(18)23-16(22-19)10-29-17(25)11-28-14-8-5-4-7-13(14)24(26)27/h4-5,7-8H,1-3,6,9-11H2,(H2,21,22,23). The predicted molar refractivity (Wildman–Crippen MR) is 111 cm³/mol. The highest BCUT2D eigenvalue weighted by Crippen LogP contribution is 2.37. The lowest BCUT2D eigenvalue weighted by atomic mass is 10.1. The molecule has 1 aliphatic carbocycles. The number of nitro benzene ring substituents is 1.